The highest BCUT2D eigenvalue weighted by molar-refractivity contribution is 6.01. The molecular formula is C28H31F2N5O3. The van der Waals surface area contributed by atoms with Gasteiger partial charge in [-0.25, -0.2) is 18.1 Å². The van der Waals surface area contributed by atoms with E-state index in [9.17, 15) is 18.4 Å². The first-order chi connectivity index (χ1) is 18.1. The van der Waals surface area contributed by atoms with Crippen molar-refractivity contribution in [3.05, 3.63) is 65.5 Å². The van der Waals surface area contributed by atoms with Gasteiger partial charge in [0.15, 0.2) is 0 Å². The van der Waals surface area contributed by atoms with Crippen LogP contribution in [0.25, 0.3) is 5.52 Å². The summed E-state index contributed by atoms with van der Waals surface area (Å²) in [6, 6.07) is 6.94. The summed E-state index contributed by atoms with van der Waals surface area (Å²) in [6.07, 6.45) is 5.31. The maximum Gasteiger partial charge on any atom is 0.410 e. The van der Waals surface area contributed by atoms with Crippen LogP contribution in [0, 0.1) is 11.6 Å². The molecule has 3 saturated heterocycles. The number of rotatable bonds is 3. The van der Waals surface area contributed by atoms with Gasteiger partial charge >= 0.3 is 6.09 Å². The van der Waals surface area contributed by atoms with Crippen molar-refractivity contribution in [2.45, 2.75) is 63.8 Å². The van der Waals surface area contributed by atoms with Crippen LogP contribution in [0.2, 0.25) is 0 Å². The Kier molecular flexibility index (Phi) is 5.81. The fourth-order valence-electron chi connectivity index (χ4n) is 6.10. The number of halogens is 2. The summed E-state index contributed by atoms with van der Waals surface area (Å²) in [5.41, 5.74) is 1.74. The van der Waals surface area contributed by atoms with Crippen LogP contribution < -0.4 is 4.90 Å². The number of ether oxygens (including phenoxy) is 1. The lowest BCUT2D eigenvalue weighted by atomic mass is 10.0. The number of fused-ring (bicyclic) bond motifs is 3. The van der Waals surface area contributed by atoms with E-state index < -0.39 is 17.2 Å². The van der Waals surface area contributed by atoms with Gasteiger partial charge in [-0.3, -0.25) is 4.79 Å². The van der Waals surface area contributed by atoms with Crippen LogP contribution in [-0.2, 0) is 4.74 Å². The molecule has 0 saturated carbocycles. The SMILES string of the molecule is CC(C)(C)OC(=O)N1CC2CC1CN2C(=O)c1cnn2ccc(N3CCC[C@@H]3c3cc(F)ccc3F)cc12. The molecule has 0 radical (unpaired) electrons. The molecule has 3 atom stereocenters. The number of carbonyl (C=O) groups excluding carboxylic acids is 2. The topological polar surface area (TPSA) is 70.4 Å². The van der Waals surface area contributed by atoms with E-state index in [0.29, 0.717) is 42.7 Å². The van der Waals surface area contributed by atoms with Crippen LogP contribution in [0.5, 0.6) is 0 Å². The van der Waals surface area contributed by atoms with Crippen LogP contribution in [0.4, 0.5) is 19.3 Å². The fourth-order valence-corrected chi connectivity index (χ4v) is 6.10. The van der Waals surface area contributed by atoms with E-state index in [-0.39, 0.29) is 30.1 Å². The van der Waals surface area contributed by atoms with E-state index in [2.05, 4.69) is 10.00 Å². The van der Waals surface area contributed by atoms with Gasteiger partial charge in [0.1, 0.15) is 17.2 Å². The van der Waals surface area contributed by atoms with Gasteiger partial charge in [0.05, 0.1) is 35.4 Å². The van der Waals surface area contributed by atoms with Crippen LogP contribution in [0.3, 0.4) is 0 Å². The smallest absolute Gasteiger partial charge is 0.410 e. The molecule has 38 heavy (non-hydrogen) atoms. The number of piperazine rings is 1. The standard InChI is InChI=1S/C28H31F2N5O3/c1-28(2,3)38-27(37)34-16-19-12-20(34)15-33(19)26(36)22-14-31-35-10-8-18(13-25(22)35)32-9-4-5-24(32)21-11-17(29)6-7-23(21)30/h6-8,10-11,13-14,19-20,24H,4-5,9,12,15-16H2,1-3H3/t19?,20?,24-/m1/s1. The minimum atomic E-state index is -0.571. The second-order valence-corrected chi connectivity index (χ2v) is 11.4. The Labute approximate surface area is 219 Å². The third kappa shape index (κ3) is 4.25. The van der Waals surface area contributed by atoms with Crippen molar-refractivity contribution in [1.29, 1.82) is 0 Å². The Morgan fingerprint density at radius 1 is 1.05 bits per heavy atom. The van der Waals surface area contributed by atoms with Gasteiger partial charge < -0.3 is 19.4 Å². The van der Waals surface area contributed by atoms with Crippen molar-refractivity contribution in [3.63, 3.8) is 0 Å². The first-order valence-electron chi connectivity index (χ1n) is 13.1. The van der Waals surface area contributed by atoms with E-state index in [0.717, 1.165) is 24.6 Å². The van der Waals surface area contributed by atoms with Crippen molar-refractivity contribution in [2.75, 3.05) is 24.5 Å². The molecule has 2 amide bonds. The molecule has 2 unspecified atom stereocenters. The lowest BCUT2D eigenvalue weighted by Gasteiger charge is -2.35. The van der Waals surface area contributed by atoms with Gasteiger partial charge in [0, 0.05) is 37.1 Å². The second-order valence-electron chi connectivity index (χ2n) is 11.4. The van der Waals surface area contributed by atoms with E-state index in [4.69, 9.17) is 4.74 Å². The number of likely N-dealkylation sites (tertiary alicyclic amines) is 2. The molecule has 200 valence electrons. The Hall–Kier alpha value is -3.69. The molecule has 3 aliphatic heterocycles. The first-order valence-corrected chi connectivity index (χ1v) is 13.1. The quantitative estimate of drug-likeness (QED) is 0.494. The molecule has 3 aromatic rings. The van der Waals surface area contributed by atoms with E-state index in [1.54, 1.807) is 21.8 Å². The van der Waals surface area contributed by atoms with Gasteiger partial charge in [-0.15, -0.1) is 0 Å². The summed E-state index contributed by atoms with van der Waals surface area (Å²) in [5.74, 6) is -1.01. The molecule has 5 heterocycles. The number of pyridine rings is 1. The van der Waals surface area contributed by atoms with Gasteiger partial charge in [0.2, 0.25) is 0 Å². The summed E-state index contributed by atoms with van der Waals surface area (Å²) in [5, 5.41) is 4.38. The monoisotopic (exact) mass is 523 g/mol. The molecule has 3 fully saturated rings. The van der Waals surface area contributed by atoms with Gasteiger partial charge in [-0.1, -0.05) is 0 Å². The zero-order valence-electron chi connectivity index (χ0n) is 21.7. The number of aromatic nitrogens is 2. The van der Waals surface area contributed by atoms with Gasteiger partial charge in [-0.2, -0.15) is 5.10 Å². The maximum absolute atomic E-state index is 14.6. The molecule has 2 bridgehead atoms. The molecular weight excluding hydrogens is 492 g/mol. The molecule has 8 nitrogen and oxygen atoms in total. The first kappa shape index (κ1) is 24.6. The average Bonchev–Trinajstić information content (AvgIpc) is 3.66. The number of benzene rings is 1. The summed E-state index contributed by atoms with van der Waals surface area (Å²) >= 11 is 0. The average molecular weight is 524 g/mol. The molecule has 6 rings (SSSR count). The van der Waals surface area contributed by atoms with Crippen molar-refractivity contribution in [3.8, 4) is 0 Å². The van der Waals surface area contributed by atoms with E-state index in [1.165, 1.54) is 12.1 Å². The van der Waals surface area contributed by atoms with Gasteiger partial charge in [-0.05, 0) is 70.4 Å². The summed E-state index contributed by atoms with van der Waals surface area (Å²) in [4.78, 5) is 31.9. The number of anilines is 1. The Morgan fingerprint density at radius 3 is 2.55 bits per heavy atom. The maximum atomic E-state index is 14.6. The zero-order valence-corrected chi connectivity index (χ0v) is 21.7. The largest absolute Gasteiger partial charge is 0.444 e. The predicted molar refractivity (Wildman–Crippen MR) is 137 cm³/mol. The van der Waals surface area contributed by atoms with Crippen LogP contribution in [-0.4, -0.2) is 68.7 Å². The van der Waals surface area contributed by atoms with Crippen LogP contribution >= 0.6 is 0 Å². The second kappa shape index (κ2) is 8.96. The van der Waals surface area contributed by atoms with E-state index in [1.807, 2.05) is 37.8 Å². The normalized spacial score (nSPS) is 23.1. The van der Waals surface area contributed by atoms with E-state index >= 15 is 0 Å². The Bertz CT molecular complexity index is 1420. The lowest BCUT2D eigenvalue weighted by molar-refractivity contribution is 0.0126. The number of nitrogens with zero attached hydrogens (tertiary/aromatic N) is 5. The molecule has 1 aromatic carbocycles. The van der Waals surface area contributed by atoms with Crippen molar-refractivity contribution >= 4 is 23.2 Å². The molecule has 0 spiro atoms. The molecule has 0 N–H and O–H groups in total. The number of hydrogen-bond acceptors (Lipinski definition) is 5. The highest BCUT2D eigenvalue weighted by Crippen LogP contribution is 2.39. The highest BCUT2D eigenvalue weighted by Gasteiger charge is 2.48. The van der Waals surface area contributed by atoms with Crippen molar-refractivity contribution in [2.24, 2.45) is 0 Å². The summed E-state index contributed by atoms with van der Waals surface area (Å²) < 4.78 is 35.7. The predicted octanol–water partition coefficient (Wildman–Crippen LogP) is 4.79. The number of carbonyl (C=O) groups is 2. The Morgan fingerprint density at radius 2 is 1.82 bits per heavy atom. The number of hydrogen-bond donors (Lipinski definition) is 0. The molecule has 0 aliphatic carbocycles. The zero-order chi connectivity index (χ0) is 26.8. The fraction of sp³-hybridized carbons (Fsp3) is 0.464. The van der Waals surface area contributed by atoms with Crippen LogP contribution in [0.15, 0.2) is 42.7 Å². The number of amides is 2. The third-order valence-corrected chi connectivity index (χ3v) is 7.77. The highest BCUT2D eigenvalue weighted by atomic mass is 19.1. The third-order valence-electron chi connectivity index (χ3n) is 7.77. The Balaban J connectivity index is 1.23. The van der Waals surface area contributed by atoms with Crippen molar-refractivity contribution < 1.29 is 23.1 Å². The summed E-state index contributed by atoms with van der Waals surface area (Å²) in [7, 11) is 0. The molecule has 10 heteroatoms. The van der Waals surface area contributed by atoms with Gasteiger partial charge in [0.25, 0.3) is 5.91 Å². The molecule has 2 aromatic heterocycles. The summed E-state index contributed by atoms with van der Waals surface area (Å²) in [6.45, 7) is 7.12. The minimum Gasteiger partial charge on any atom is -0.444 e. The van der Waals surface area contributed by atoms with Crippen LogP contribution in [0.1, 0.15) is 62.0 Å². The molecule has 3 aliphatic rings. The minimum absolute atomic E-state index is 0.0669. The lowest BCUT2D eigenvalue weighted by Crippen LogP contribution is -2.51. The van der Waals surface area contributed by atoms with Crippen molar-refractivity contribution in [1.82, 2.24) is 19.4 Å².